The fourth-order valence-electron chi connectivity index (χ4n) is 1.44. The maximum absolute atomic E-state index is 3.60. The van der Waals surface area contributed by atoms with E-state index < -0.39 is 0 Å². The minimum Gasteiger partial charge on any atom is -0.0604 e. The van der Waals surface area contributed by atoms with Crippen LogP contribution in [0.5, 0.6) is 0 Å². The summed E-state index contributed by atoms with van der Waals surface area (Å²) in [6.45, 7) is 0. The van der Waals surface area contributed by atoms with Crippen molar-refractivity contribution in [1.82, 2.24) is 0 Å². The molecule has 0 aliphatic carbocycles. The van der Waals surface area contributed by atoms with Gasteiger partial charge >= 0.3 is 0 Å². The first kappa shape index (κ1) is 14.3. The van der Waals surface area contributed by atoms with Gasteiger partial charge in [-0.3, -0.25) is 0 Å². The summed E-state index contributed by atoms with van der Waals surface area (Å²) in [4.78, 5) is 0. The Kier molecular flexibility index (Phi) is 4.92. The zero-order valence-electron chi connectivity index (χ0n) is 8.28. The zero-order valence-corrected chi connectivity index (χ0v) is 16.2. The number of hydrogen-bond acceptors (Lipinski definition) is 0. The van der Waals surface area contributed by atoms with Crippen LogP contribution < -0.4 is 0 Å². The third kappa shape index (κ3) is 3.06. The number of rotatable bonds is 1. The van der Waals surface area contributed by atoms with E-state index in [1.54, 1.807) is 0 Å². The van der Waals surface area contributed by atoms with Crippen molar-refractivity contribution in [2.45, 2.75) is 0 Å². The molecule has 0 saturated carbocycles. The minimum absolute atomic E-state index is 1.03. The van der Waals surface area contributed by atoms with Crippen molar-refractivity contribution in [1.29, 1.82) is 0 Å². The van der Waals surface area contributed by atoms with Crippen LogP contribution >= 0.6 is 79.6 Å². The molecule has 2 aromatic rings. The number of halogens is 5. The van der Waals surface area contributed by atoms with Gasteiger partial charge < -0.3 is 0 Å². The van der Waals surface area contributed by atoms with Gasteiger partial charge in [0.1, 0.15) is 0 Å². The Bertz CT molecular complexity index is 577. The van der Waals surface area contributed by atoms with Gasteiger partial charge in [0.05, 0.1) is 0 Å². The highest BCUT2D eigenvalue weighted by molar-refractivity contribution is 9.13. The zero-order chi connectivity index (χ0) is 12.6. The molecule has 2 rings (SSSR count). The van der Waals surface area contributed by atoms with Crippen LogP contribution in [0.15, 0.2) is 52.7 Å². The quantitative estimate of drug-likeness (QED) is 0.332. The van der Waals surface area contributed by atoms with E-state index in [9.17, 15) is 0 Å². The van der Waals surface area contributed by atoms with Gasteiger partial charge in [-0.1, -0.05) is 28.1 Å². The van der Waals surface area contributed by atoms with E-state index >= 15 is 0 Å². The molecule has 0 aliphatic heterocycles. The third-order valence-electron chi connectivity index (χ3n) is 2.25. The molecule has 0 bridgehead atoms. The van der Waals surface area contributed by atoms with E-state index in [0.29, 0.717) is 0 Å². The largest absolute Gasteiger partial charge is 0.0604 e. The molecule has 0 saturated heterocycles. The summed E-state index contributed by atoms with van der Waals surface area (Å²) >= 11 is 17.7. The molecule has 0 amide bonds. The molecule has 17 heavy (non-hydrogen) atoms. The SMILES string of the molecule is Brc1cc(Br)c(-c2cccc(Br)c2Br)cc1Br. The van der Waals surface area contributed by atoms with E-state index in [4.69, 9.17) is 0 Å². The van der Waals surface area contributed by atoms with Crippen LogP contribution in [0.1, 0.15) is 0 Å². The van der Waals surface area contributed by atoms with Crippen LogP contribution in [-0.4, -0.2) is 0 Å². The molecule has 0 spiro atoms. The smallest absolute Gasteiger partial charge is 0.0396 e. The van der Waals surface area contributed by atoms with Crippen molar-refractivity contribution >= 4 is 79.6 Å². The highest BCUT2D eigenvalue weighted by Crippen LogP contribution is 2.40. The average Bonchev–Trinajstić information content (AvgIpc) is 2.28. The Balaban J connectivity index is 2.69. The molecular weight excluding hydrogens is 544 g/mol. The van der Waals surface area contributed by atoms with Crippen LogP contribution in [0, 0.1) is 0 Å². The topological polar surface area (TPSA) is 0 Å². The summed E-state index contributed by atoms with van der Waals surface area (Å²) in [5.74, 6) is 0. The normalized spacial score (nSPS) is 10.6. The highest BCUT2D eigenvalue weighted by atomic mass is 79.9. The first-order valence-electron chi connectivity index (χ1n) is 4.59. The molecular formula is C12H5Br5. The third-order valence-corrected chi connectivity index (χ3v) is 6.80. The Morgan fingerprint density at radius 1 is 0.588 bits per heavy atom. The molecule has 0 aliphatic rings. The van der Waals surface area contributed by atoms with E-state index in [1.807, 2.05) is 18.2 Å². The minimum atomic E-state index is 1.03. The number of benzene rings is 2. The Morgan fingerprint density at radius 3 is 1.94 bits per heavy atom. The predicted octanol–water partition coefficient (Wildman–Crippen LogP) is 7.17. The van der Waals surface area contributed by atoms with E-state index in [0.717, 1.165) is 33.5 Å². The van der Waals surface area contributed by atoms with Crippen molar-refractivity contribution in [3.8, 4) is 11.1 Å². The van der Waals surface area contributed by atoms with Gasteiger partial charge in [0.15, 0.2) is 0 Å². The van der Waals surface area contributed by atoms with Gasteiger partial charge in [-0.05, 0) is 93.0 Å². The van der Waals surface area contributed by atoms with Crippen molar-refractivity contribution in [2.24, 2.45) is 0 Å². The monoisotopic (exact) mass is 544 g/mol. The first-order valence-corrected chi connectivity index (χ1v) is 8.56. The van der Waals surface area contributed by atoms with Crippen molar-refractivity contribution in [3.63, 3.8) is 0 Å². The summed E-state index contributed by atoms with van der Waals surface area (Å²) in [5.41, 5.74) is 2.27. The predicted molar refractivity (Wildman–Crippen MR) is 90.4 cm³/mol. The summed E-state index contributed by atoms with van der Waals surface area (Å²) in [7, 11) is 0. The van der Waals surface area contributed by atoms with Crippen molar-refractivity contribution < 1.29 is 0 Å². The summed E-state index contributed by atoms with van der Waals surface area (Å²) < 4.78 is 5.20. The van der Waals surface area contributed by atoms with Crippen molar-refractivity contribution in [2.75, 3.05) is 0 Å². The maximum atomic E-state index is 3.60. The molecule has 0 nitrogen and oxygen atoms in total. The van der Waals surface area contributed by atoms with E-state index in [2.05, 4.69) is 91.8 Å². The molecule has 0 fully saturated rings. The first-order chi connectivity index (χ1) is 8.00. The lowest BCUT2D eigenvalue weighted by molar-refractivity contribution is 1.49. The van der Waals surface area contributed by atoms with Gasteiger partial charge in [-0.25, -0.2) is 0 Å². The van der Waals surface area contributed by atoms with Crippen LogP contribution in [-0.2, 0) is 0 Å². The van der Waals surface area contributed by atoms with Crippen LogP contribution in [0.4, 0.5) is 0 Å². The van der Waals surface area contributed by atoms with Crippen molar-refractivity contribution in [3.05, 3.63) is 52.7 Å². The second-order valence-corrected chi connectivity index (χ2v) is 7.56. The van der Waals surface area contributed by atoms with Crippen LogP contribution in [0.25, 0.3) is 11.1 Å². The lowest BCUT2D eigenvalue weighted by Gasteiger charge is -2.10. The molecule has 0 unspecified atom stereocenters. The molecule has 0 heterocycles. The maximum Gasteiger partial charge on any atom is 0.0396 e. The average molecular weight is 549 g/mol. The van der Waals surface area contributed by atoms with Gasteiger partial charge in [0.25, 0.3) is 0 Å². The van der Waals surface area contributed by atoms with Gasteiger partial charge in [0, 0.05) is 22.4 Å². The Hall–Kier alpha value is 0.840. The molecule has 2 aromatic carbocycles. The number of hydrogen-bond donors (Lipinski definition) is 0. The highest BCUT2D eigenvalue weighted by Gasteiger charge is 2.11. The van der Waals surface area contributed by atoms with Crippen LogP contribution in [0.3, 0.4) is 0 Å². The molecule has 0 radical (unpaired) electrons. The standard InChI is InChI=1S/C12H5Br5/c13-8-3-1-2-6(12(8)17)7-4-10(15)11(16)5-9(7)14/h1-5H. The van der Waals surface area contributed by atoms with Gasteiger partial charge in [-0.15, -0.1) is 0 Å². The summed E-state index contributed by atoms with van der Waals surface area (Å²) in [6.07, 6.45) is 0. The molecule has 0 aromatic heterocycles. The molecule has 0 N–H and O–H groups in total. The van der Waals surface area contributed by atoms with Gasteiger partial charge in [0.2, 0.25) is 0 Å². The lowest BCUT2D eigenvalue weighted by Crippen LogP contribution is -1.84. The summed E-state index contributed by atoms with van der Waals surface area (Å²) in [6, 6.07) is 10.2. The second kappa shape index (κ2) is 5.87. The fraction of sp³-hybridized carbons (Fsp3) is 0. The molecule has 88 valence electrons. The van der Waals surface area contributed by atoms with E-state index in [-0.39, 0.29) is 0 Å². The second-order valence-electron chi connectivity index (χ2n) is 3.35. The lowest BCUT2D eigenvalue weighted by atomic mass is 10.1. The molecule has 5 heteroatoms. The molecule has 0 atom stereocenters. The summed E-state index contributed by atoms with van der Waals surface area (Å²) in [5, 5.41) is 0. The fourth-order valence-corrected chi connectivity index (χ4v) is 3.84. The van der Waals surface area contributed by atoms with Gasteiger partial charge in [-0.2, -0.15) is 0 Å². The Morgan fingerprint density at radius 2 is 1.24 bits per heavy atom. The Labute approximate surface area is 142 Å². The van der Waals surface area contributed by atoms with E-state index in [1.165, 1.54) is 0 Å². The van der Waals surface area contributed by atoms with Crippen LogP contribution in [0.2, 0.25) is 0 Å².